The SMILES string of the molecule is CC1(CNc2nc3ccc([N+](=O)[O-])cc3o2)CCNCC1. The number of nitro groups is 1. The van der Waals surface area contributed by atoms with Crippen LogP contribution in [0.2, 0.25) is 0 Å². The summed E-state index contributed by atoms with van der Waals surface area (Å²) in [4.78, 5) is 14.6. The molecule has 1 aromatic carbocycles. The van der Waals surface area contributed by atoms with Crippen molar-refractivity contribution in [3.05, 3.63) is 28.3 Å². The number of benzene rings is 1. The molecule has 7 nitrogen and oxygen atoms in total. The van der Waals surface area contributed by atoms with Gasteiger partial charge in [0.15, 0.2) is 5.58 Å². The number of hydrogen-bond acceptors (Lipinski definition) is 6. The molecule has 0 radical (unpaired) electrons. The summed E-state index contributed by atoms with van der Waals surface area (Å²) in [5.41, 5.74) is 1.29. The van der Waals surface area contributed by atoms with Gasteiger partial charge in [-0.05, 0) is 37.4 Å². The maximum Gasteiger partial charge on any atom is 0.295 e. The fraction of sp³-hybridized carbons (Fsp3) is 0.500. The third-order valence-corrected chi connectivity index (χ3v) is 4.06. The lowest BCUT2D eigenvalue weighted by atomic mass is 9.81. The summed E-state index contributed by atoms with van der Waals surface area (Å²) in [6, 6.07) is 4.86. The van der Waals surface area contributed by atoms with Crippen LogP contribution < -0.4 is 10.6 Å². The van der Waals surface area contributed by atoms with Crippen molar-refractivity contribution in [1.82, 2.24) is 10.3 Å². The minimum absolute atomic E-state index is 0.00974. The highest BCUT2D eigenvalue weighted by Crippen LogP contribution is 2.29. The second-order valence-electron chi connectivity index (χ2n) is 5.84. The summed E-state index contributed by atoms with van der Waals surface area (Å²) < 4.78 is 5.55. The molecular weight excluding hydrogens is 272 g/mol. The zero-order valence-corrected chi connectivity index (χ0v) is 11.9. The Morgan fingerprint density at radius 2 is 2.24 bits per heavy atom. The Bertz CT molecular complexity index is 661. The van der Waals surface area contributed by atoms with Crippen LogP contribution in [0.15, 0.2) is 22.6 Å². The average molecular weight is 290 g/mol. The van der Waals surface area contributed by atoms with E-state index in [1.165, 1.54) is 12.1 Å². The molecule has 21 heavy (non-hydrogen) atoms. The van der Waals surface area contributed by atoms with Crippen molar-refractivity contribution >= 4 is 22.8 Å². The normalized spacial score (nSPS) is 17.8. The summed E-state index contributed by atoms with van der Waals surface area (Å²) >= 11 is 0. The van der Waals surface area contributed by atoms with Gasteiger partial charge >= 0.3 is 0 Å². The summed E-state index contributed by atoms with van der Waals surface area (Å²) in [7, 11) is 0. The van der Waals surface area contributed by atoms with Crippen molar-refractivity contribution < 1.29 is 9.34 Å². The van der Waals surface area contributed by atoms with Gasteiger partial charge in [-0.3, -0.25) is 10.1 Å². The molecule has 0 saturated carbocycles. The number of nitro benzene ring substituents is 1. The van der Waals surface area contributed by atoms with Crippen LogP contribution in [0, 0.1) is 15.5 Å². The first-order chi connectivity index (χ1) is 10.1. The predicted octanol–water partition coefficient (Wildman–Crippen LogP) is 2.54. The molecule has 112 valence electrons. The first-order valence-electron chi connectivity index (χ1n) is 7.05. The van der Waals surface area contributed by atoms with Crippen LogP contribution in [0.4, 0.5) is 11.7 Å². The van der Waals surface area contributed by atoms with Gasteiger partial charge in [-0.1, -0.05) is 6.92 Å². The van der Waals surface area contributed by atoms with Gasteiger partial charge in [-0.15, -0.1) is 0 Å². The highest BCUT2D eigenvalue weighted by molar-refractivity contribution is 5.77. The summed E-state index contributed by atoms with van der Waals surface area (Å²) in [5.74, 6) is 0. The number of anilines is 1. The maximum atomic E-state index is 10.7. The summed E-state index contributed by atoms with van der Waals surface area (Å²) in [6.45, 7) is 5.08. The zero-order chi connectivity index (χ0) is 14.9. The Morgan fingerprint density at radius 3 is 2.95 bits per heavy atom. The number of nitrogens with zero attached hydrogens (tertiary/aromatic N) is 2. The highest BCUT2D eigenvalue weighted by Gasteiger charge is 2.27. The summed E-state index contributed by atoms with van der Waals surface area (Å²) in [6.07, 6.45) is 2.21. The molecule has 0 unspecified atom stereocenters. The van der Waals surface area contributed by atoms with Crippen molar-refractivity contribution in [3.63, 3.8) is 0 Å². The molecule has 7 heteroatoms. The number of non-ortho nitro benzene ring substituents is 1. The lowest BCUT2D eigenvalue weighted by Gasteiger charge is -2.33. The lowest BCUT2D eigenvalue weighted by Crippen LogP contribution is -2.39. The van der Waals surface area contributed by atoms with Gasteiger partial charge in [0, 0.05) is 12.6 Å². The topological polar surface area (TPSA) is 93.2 Å². The van der Waals surface area contributed by atoms with E-state index in [-0.39, 0.29) is 11.1 Å². The van der Waals surface area contributed by atoms with Crippen LogP contribution in [-0.4, -0.2) is 29.5 Å². The number of oxazole rings is 1. The highest BCUT2D eigenvalue weighted by atomic mass is 16.6. The number of rotatable bonds is 4. The number of fused-ring (bicyclic) bond motifs is 1. The van der Waals surface area contributed by atoms with Gasteiger partial charge in [0.2, 0.25) is 0 Å². The molecule has 2 aromatic rings. The van der Waals surface area contributed by atoms with Crippen molar-refractivity contribution in [2.24, 2.45) is 5.41 Å². The van der Waals surface area contributed by atoms with Crippen LogP contribution in [0.5, 0.6) is 0 Å². The standard InChI is InChI=1S/C14H18N4O3/c1-14(4-6-15-7-5-14)9-16-13-17-11-3-2-10(18(19)20)8-12(11)21-13/h2-3,8,15H,4-7,9H2,1H3,(H,16,17). The summed E-state index contributed by atoms with van der Waals surface area (Å²) in [5, 5.41) is 17.3. The quantitative estimate of drug-likeness (QED) is 0.664. The van der Waals surface area contributed by atoms with Gasteiger partial charge in [0.1, 0.15) is 5.52 Å². The fourth-order valence-corrected chi connectivity index (χ4v) is 2.60. The number of hydrogen-bond donors (Lipinski definition) is 2. The molecule has 2 heterocycles. The van der Waals surface area contributed by atoms with E-state index in [4.69, 9.17) is 4.42 Å². The van der Waals surface area contributed by atoms with Crippen LogP contribution in [0.1, 0.15) is 19.8 Å². The molecule has 0 aliphatic carbocycles. The molecule has 0 bridgehead atoms. The van der Waals surface area contributed by atoms with Crippen LogP contribution >= 0.6 is 0 Å². The molecule has 0 amide bonds. The van der Waals surface area contributed by atoms with Crippen LogP contribution in [-0.2, 0) is 0 Å². The Labute approximate surface area is 121 Å². The van der Waals surface area contributed by atoms with Crippen LogP contribution in [0.3, 0.4) is 0 Å². The van der Waals surface area contributed by atoms with E-state index >= 15 is 0 Å². The predicted molar refractivity (Wildman–Crippen MR) is 79.4 cm³/mol. The number of piperidine rings is 1. The number of aromatic nitrogens is 1. The molecule has 0 atom stereocenters. The first kappa shape index (κ1) is 13.8. The smallest absolute Gasteiger partial charge is 0.295 e. The van der Waals surface area contributed by atoms with E-state index in [1.807, 2.05) is 0 Å². The first-order valence-corrected chi connectivity index (χ1v) is 7.05. The van der Waals surface area contributed by atoms with Crippen molar-refractivity contribution in [3.8, 4) is 0 Å². The van der Waals surface area contributed by atoms with Gasteiger partial charge in [0.05, 0.1) is 11.0 Å². The molecule has 1 aliphatic rings. The molecule has 0 spiro atoms. The lowest BCUT2D eigenvalue weighted by molar-refractivity contribution is -0.384. The van der Waals surface area contributed by atoms with Gasteiger partial charge in [-0.25, -0.2) is 0 Å². The fourth-order valence-electron chi connectivity index (χ4n) is 2.60. The van der Waals surface area contributed by atoms with Crippen molar-refractivity contribution in [1.29, 1.82) is 0 Å². The van der Waals surface area contributed by atoms with Crippen molar-refractivity contribution in [2.75, 3.05) is 25.0 Å². The van der Waals surface area contributed by atoms with E-state index in [0.29, 0.717) is 17.1 Å². The molecule has 1 aliphatic heterocycles. The van der Waals surface area contributed by atoms with E-state index < -0.39 is 4.92 Å². The third-order valence-electron chi connectivity index (χ3n) is 4.06. The third kappa shape index (κ3) is 2.97. The Balaban J connectivity index is 1.73. The number of nitrogens with one attached hydrogen (secondary N) is 2. The van der Waals surface area contributed by atoms with Gasteiger partial charge in [0.25, 0.3) is 11.7 Å². The second-order valence-corrected chi connectivity index (χ2v) is 5.84. The van der Waals surface area contributed by atoms with Crippen LogP contribution in [0.25, 0.3) is 11.1 Å². The molecule has 2 N–H and O–H groups in total. The molecule has 1 saturated heterocycles. The van der Waals surface area contributed by atoms with E-state index in [9.17, 15) is 10.1 Å². The molecule has 3 rings (SSSR count). The Kier molecular flexibility index (Phi) is 3.50. The second kappa shape index (κ2) is 5.33. The molecular formula is C14H18N4O3. The molecule has 1 aromatic heterocycles. The van der Waals surface area contributed by atoms with Gasteiger partial charge in [-0.2, -0.15) is 4.98 Å². The zero-order valence-electron chi connectivity index (χ0n) is 11.9. The van der Waals surface area contributed by atoms with Crippen molar-refractivity contribution in [2.45, 2.75) is 19.8 Å². The largest absolute Gasteiger partial charge is 0.423 e. The molecule has 1 fully saturated rings. The van der Waals surface area contributed by atoms with Gasteiger partial charge < -0.3 is 15.1 Å². The minimum Gasteiger partial charge on any atom is -0.423 e. The monoisotopic (exact) mass is 290 g/mol. The maximum absolute atomic E-state index is 10.7. The Morgan fingerprint density at radius 1 is 1.48 bits per heavy atom. The Hall–Kier alpha value is -2.15. The van der Waals surface area contributed by atoms with E-state index in [2.05, 4.69) is 22.5 Å². The minimum atomic E-state index is -0.439. The average Bonchev–Trinajstić information content (AvgIpc) is 2.88. The van der Waals surface area contributed by atoms with E-state index in [1.54, 1.807) is 6.07 Å². The van der Waals surface area contributed by atoms with E-state index in [0.717, 1.165) is 32.5 Å².